The minimum atomic E-state index is -0.349. The summed E-state index contributed by atoms with van der Waals surface area (Å²) < 4.78 is 0. The van der Waals surface area contributed by atoms with Gasteiger partial charge in [0.15, 0.2) is 0 Å². The zero-order valence-corrected chi connectivity index (χ0v) is 13.8. The van der Waals surface area contributed by atoms with E-state index in [-0.39, 0.29) is 6.10 Å². The fourth-order valence-corrected chi connectivity index (χ4v) is 3.14. The summed E-state index contributed by atoms with van der Waals surface area (Å²) in [5.41, 5.74) is 3.51. The predicted octanol–water partition coefficient (Wildman–Crippen LogP) is 2.75. The zero-order chi connectivity index (χ0) is 15.2. The van der Waals surface area contributed by atoms with Crippen LogP contribution in [0.15, 0.2) is 18.2 Å². The van der Waals surface area contributed by atoms with Gasteiger partial charge in [0.1, 0.15) is 0 Å². The highest BCUT2D eigenvalue weighted by Crippen LogP contribution is 2.20. The van der Waals surface area contributed by atoms with E-state index in [0.29, 0.717) is 0 Å². The van der Waals surface area contributed by atoms with Crippen molar-refractivity contribution in [2.24, 2.45) is 0 Å². The highest BCUT2D eigenvalue weighted by molar-refractivity contribution is 5.29. The van der Waals surface area contributed by atoms with Crippen LogP contribution in [0.25, 0.3) is 0 Å². The largest absolute Gasteiger partial charge is 0.388 e. The van der Waals surface area contributed by atoms with Crippen molar-refractivity contribution >= 4 is 0 Å². The number of nitrogens with zero attached hydrogens (tertiary/aromatic N) is 2. The molecule has 1 fully saturated rings. The van der Waals surface area contributed by atoms with Crippen LogP contribution in [-0.4, -0.2) is 54.7 Å². The van der Waals surface area contributed by atoms with Crippen LogP contribution >= 0.6 is 0 Å². The molecule has 3 heteroatoms. The summed E-state index contributed by atoms with van der Waals surface area (Å²) in [6, 6.07) is 6.35. The third-order valence-electron chi connectivity index (χ3n) is 4.41. The van der Waals surface area contributed by atoms with E-state index in [1.54, 1.807) is 0 Å². The van der Waals surface area contributed by atoms with Crippen molar-refractivity contribution in [3.8, 4) is 0 Å². The number of likely N-dealkylation sites (tertiary alicyclic amines) is 1. The van der Waals surface area contributed by atoms with Crippen molar-refractivity contribution in [2.75, 3.05) is 39.8 Å². The summed E-state index contributed by atoms with van der Waals surface area (Å²) in [5.74, 6) is 0. The summed E-state index contributed by atoms with van der Waals surface area (Å²) in [4.78, 5) is 4.88. The first-order chi connectivity index (χ1) is 10.0. The number of hydrogen-bond acceptors (Lipinski definition) is 3. The van der Waals surface area contributed by atoms with E-state index in [1.165, 1.54) is 37.1 Å². The summed E-state index contributed by atoms with van der Waals surface area (Å²) in [7, 11) is 2.16. The Morgan fingerprint density at radius 1 is 1.10 bits per heavy atom. The van der Waals surface area contributed by atoms with Crippen LogP contribution in [-0.2, 0) is 0 Å². The Balaban J connectivity index is 1.73. The molecule has 21 heavy (non-hydrogen) atoms. The van der Waals surface area contributed by atoms with Gasteiger partial charge in [-0.3, -0.25) is 0 Å². The average molecular weight is 290 g/mol. The molecule has 2 rings (SSSR count). The van der Waals surface area contributed by atoms with E-state index in [1.807, 2.05) is 0 Å². The number of likely N-dealkylation sites (N-methyl/N-ethyl adjacent to an activating group) is 1. The molecule has 3 nitrogen and oxygen atoms in total. The molecular formula is C18H30N2O. The van der Waals surface area contributed by atoms with Crippen LogP contribution in [0.3, 0.4) is 0 Å². The van der Waals surface area contributed by atoms with Crippen molar-refractivity contribution in [1.29, 1.82) is 0 Å². The molecule has 1 atom stereocenters. The third kappa shape index (κ3) is 5.42. The fraction of sp³-hybridized carbons (Fsp3) is 0.667. The topological polar surface area (TPSA) is 26.7 Å². The molecule has 0 spiro atoms. The molecule has 0 aromatic heterocycles. The van der Waals surface area contributed by atoms with Crippen LogP contribution in [0.1, 0.15) is 42.1 Å². The fourth-order valence-electron chi connectivity index (χ4n) is 3.14. The summed E-state index contributed by atoms with van der Waals surface area (Å²) in [6.07, 6.45) is 3.17. The van der Waals surface area contributed by atoms with Gasteiger partial charge in [-0.1, -0.05) is 29.3 Å². The lowest BCUT2D eigenvalue weighted by atomic mass is 10.0. The van der Waals surface area contributed by atoms with Gasteiger partial charge in [0, 0.05) is 19.6 Å². The number of benzene rings is 1. The zero-order valence-electron chi connectivity index (χ0n) is 13.8. The average Bonchev–Trinajstić information content (AvgIpc) is 2.94. The van der Waals surface area contributed by atoms with Gasteiger partial charge in [-0.2, -0.15) is 0 Å². The minimum Gasteiger partial charge on any atom is -0.388 e. The van der Waals surface area contributed by atoms with Gasteiger partial charge in [-0.25, -0.2) is 0 Å². The first-order valence-corrected chi connectivity index (χ1v) is 8.22. The Kier molecular flexibility index (Phi) is 6.22. The van der Waals surface area contributed by atoms with Crippen molar-refractivity contribution in [3.63, 3.8) is 0 Å². The molecule has 1 aromatic rings. The van der Waals surface area contributed by atoms with E-state index in [2.05, 4.69) is 48.9 Å². The third-order valence-corrected chi connectivity index (χ3v) is 4.41. The summed E-state index contributed by atoms with van der Waals surface area (Å²) >= 11 is 0. The van der Waals surface area contributed by atoms with Gasteiger partial charge in [-0.15, -0.1) is 0 Å². The van der Waals surface area contributed by atoms with E-state index < -0.39 is 0 Å². The quantitative estimate of drug-likeness (QED) is 0.836. The molecule has 0 radical (unpaired) electrons. The molecule has 1 saturated heterocycles. The maximum Gasteiger partial charge on any atom is 0.0802 e. The Morgan fingerprint density at radius 3 is 2.33 bits per heavy atom. The van der Waals surface area contributed by atoms with Crippen molar-refractivity contribution < 1.29 is 5.11 Å². The summed E-state index contributed by atoms with van der Waals surface area (Å²) in [6.45, 7) is 9.91. The number of aliphatic hydroxyl groups excluding tert-OH is 1. The van der Waals surface area contributed by atoms with Gasteiger partial charge in [-0.05, 0) is 58.8 Å². The molecule has 1 aliphatic rings. The smallest absolute Gasteiger partial charge is 0.0802 e. The Labute approximate surface area is 129 Å². The van der Waals surface area contributed by atoms with Crippen molar-refractivity contribution in [2.45, 2.75) is 39.2 Å². The lowest BCUT2D eigenvalue weighted by Gasteiger charge is -2.22. The Morgan fingerprint density at radius 2 is 1.71 bits per heavy atom. The van der Waals surface area contributed by atoms with Crippen LogP contribution in [0.2, 0.25) is 0 Å². The Hall–Kier alpha value is -0.900. The van der Waals surface area contributed by atoms with Gasteiger partial charge in [0.2, 0.25) is 0 Å². The molecule has 1 heterocycles. The molecule has 1 aliphatic heterocycles. The SMILES string of the molecule is Cc1cc(C)cc(C(O)CCN(C)CCN2CCCC2)c1. The van der Waals surface area contributed by atoms with Crippen LogP contribution in [0.5, 0.6) is 0 Å². The molecule has 1 aromatic carbocycles. The molecule has 0 aliphatic carbocycles. The molecule has 1 N–H and O–H groups in total. The minimum absolute atomic E-state index is 0.349. The van der Waals surface area contributed by atoms with E-state index in [4.69, 9.17) is 0 Å². The van der Waals surface area contributed by atoms with Crippen molar-refractivity contribution in [3.05, 3.63) is 34.9 Å². The van der Waals surface area contributed by atoms with E-state index in [9.17, 15) is 5.11 Å². The molecular weight excluding hydrogens is 260 g/mol. The van der Waals surface area contributed by atoms with Crippen LogP contribution in [0, 0.1) is 13.8 Å². The monoisotopic (exact) mass is 290 g/mol. The van der Waals surface area contributed by atoms with Gasteiger partial charge in [0.25, 0.3) is 0 Å². The molecule has 1 unspecified atom stereocenters. The first-order valence-electron chi connectivity index (χ1n) is 8.22. The lowest BCUT2D eigenvalue weighted by Crippen LogP contribution is -2.32. The highest BCUT2D eigenvalue weighted by Gasteiger charge is 2.13. The van der Waals surface area contributed by atoms with E-state index >= 15 is 0 Å². The number of hydrogen-bond donors (Lipinski definition) is 1. The van der Waals surface area contributed by atoms with Crippen LogP contribution in [0.4, 0.5) is 0 Å². The van der Waals surface area contributed by atoms with E-state index in [0.717, 1.165) is 31.6 Å². The maximum absolute atomic E-state index is 10.4. The predicted molar refractivity (Wildman–Crippen MR) is 88.7 cm³/mol. The van der Waals surface area contributed by atoms with Gasteiger partial charge < -0.3 is 14.9 Å². The number of aliphatic hydroxyl groups is 1. The van der Waals surface area contributed by atoms with Gasteiger partial charge in [0.05, 0.1) is 6.10 Å². The molecule has 0 bridgehead atoms. The second-order valence-electron chi connectivity index (χ2n) is 6.58. The summed E-state index contributed by atoms with van der Waals surface area (Å²) in [5, 5.41) is 10.4. The number of aryl methyl sites for hydroxylation is 2. The molecule has 0 saturated carbocycles. The number of rotatable bonds is 7. The normalized spacial score (nSPS) is 17.6. The van der Waals surface area contributed by atoms with Crippen LogP contribution < -0.4 is 0 Å². The first kappa shape index (κ1) is 16.5. The van der Waals surface area contributed by atoms with Gasteiger partial charge >= 0.3 is 0 Å². The Bertz CT molecular complexity index is 421. The lowest BCUT2D eigenvalue weighted by molar-refractivity contribution is 0.145. The molecule has 0 amide bonds. The van der Waals surface area contributed by atoms with Crippen molar-refractivity contribution in [1.82, 2.24) is 9.80 Å². The second-order valence-corrected chi connectivity index (χ2v) is 6.58. The maximum atomic E-state index is 10.4. The standard InChI is InChI=1S/C18H30N2O/c1-15-12-16(2)14-17(13-15)18(21)6-9-19(3)10-11-20-7-4-5-8-20/h12-14,18,21H,4-11H2,1-3H3. The second kappa shape index (κ2) is 7.92. The molecule has 118 valence electrons. The highest BCUT2D eigenvalue weighted by atomic mass is 16.3.